The summed E-state index contributed by atoms with van der Waals surface area (Å²) in [5.41, 5.74) is 4.65. The molecule has 27 heavy (non-hydrogen) atoms. The fourth-order valence-electron chi connectivity index (χ4n) is 3.96. The molecule has 1 fully saturated rings. The highest BCUT2D eigenvalue weighted by molar-refractivity contribution is 7.80. The first-order chi connectivity index (χ1) is 13.0. The molecule has 140 valence electrons. The van der Waals surface area contributed by atoms with Gasteiger partial charge in [-0.05, 0) is 63.7 Å². The maximum Gasteiger partial charge on any atom is 0.193 e. The van der Waals surface area contributed by atoms with Crippen LogP contribution in [0.1, 0.15) is 48.6 Å². The largest absolute Gasteiger partial charge is 0.352 e. The number of rotatable bonds is 4. The summed E-state index contributed by atoms with van der Waals surface area (Å²) >= 11 is 7.35. The van der Waals surface area contributed by atoms with E-state index in [1.54, 1.807) is 11.3 Å². The van der Waals surface area contributed by atoms with Crippen LogP contribution >= 0.6 is 23.6 Å². The average Bonchev–Trinajstić information content (AvgIpc) is 3.34. The van der Waals surface area contributed by atoms with E-state index in [4.69, 9.17) is 12.2 Å². The second-order valence-electron chi connectivity index (χ2n) is 7.10. The number of hydrogen-bond donors (Lipinski definition) is 1. The van der Waals surface area contributed by atoms with E-state index in [9.17, 15) is 0 Å². The molecule has 2 atom stereocenters. The zero-order chi connectivity index (χ0) is 19.1. The molecule has 0 radical (unpaired) electrons. The molecule has 1 aliphatic rings. The van der Waals surface area contributed by atoms with Crippen LogP contribution < -0.4 is 5.32 Å². The number of hydrogen-bond acceptors (Lipinski definition) is 4. The van der Waals surface area contributed by atoms with Gasteiger partial charge in [-0.3, -0.25) is 9.55 Å². The van der Waals surface area contributed by atoms with Gasteiger partial charge in [0.1, 0.15) is 0 Å². The van der Waals surface area contributed by atoms with Crippen LogP contribution in [0.4, 0.5) is 0 Å². The Hall–Kier alpha value is -2.25. The third-order valence-corrected chi connectivity index (χ3v) is 6.18. The predicted octanol–water partition coefficient (Wildman–Crippen LogP) is 4.33. The number of aromatic nitrogens is 3. The Morgan fingerprint density at radius 3 is 2.63 bits per heavy atom. The molecule has 0 aromatic carbocycles. The summed E-state index contributed by atoms with van der Waals surface area (Å²) in [6, 6.07) is 8.70. The molecule has 1 aliphatic heterocycles. The summed E-state index contributed by atoms with van der Waals surface area (Å²) < 4.78 is 2.23. The van der Waals surface area contributed by atoms with Crippen LogP contribution in [0.2, 0.25) is 0 Å². The maximum absolute atomic E-state index is 5.70. The van der Waals surface area contributed by atoms with Crippen molar-refractivity contribution >= 4 is 28.7 Å². The van der Waals surface area contributed by atoms with E-state index in [-0.39, 0.29) is 18.1 Å². The van der Waals surface area contributed by atoms with Gasteiger partial charge in [0.15, 0.2) is 10.2 Å². The third-order valence-electron chi connectivity index (χ3n) is 5.09. The minimum absolute atomic E-state index is 0.0198. The van der Waals surface area contributed by atoms with E-state index >= 15 is 0 Å². The Morgan fingerprint density at radius 2 is 2.00 bits per heavy atom. The van der Waals surface area contributed by atoms with Gasteiger partial charge in [-0.1, -0.05) is 6.07 Å². The number of thiocarbonyl (C=S) groups is 1. The van der Waals surface area contributed by atoms with Crippen LogP contribution in [-0.4, -0.2) is 30.6 Å². The van der Waals surface area contributed by atoms with Gasteiger partial charge >= 0.3 is 0 Å². The van der Waals surface area contributed by atoms with Gasteiger partial charge in [0.25, 0.3) is 0 Å². The minimum atomic E-state index is 0.0198. The van der Waals surface area contributed by atoms with Crippen molar-refractivity contribution in [2.45, 2.75) is 45.8 Å². The Labute approximate surface area is 169 Å². The Kier molecular flexibility index (Phi) is 4.74. The van der Waals surface area contributed by atoms with E-state index in [1.807, 2.05) is 29.9 Å². The van der Waals surface area contributed by atoms with Crippen molar-refractivity contribution in [2.75, 3.05) is 0 Å². The van der Waals surface area contributed by atoms with E-state index in [0.29, 0.717) is 0 Å². The zero-order valence-corrected chi connectivity index (χ0v) is 17.5. The molecular formula is C20H23N5S2. The molecule has 4 heterocycles. The van der Waals surface area contributed by atoms with Crippen molar-refractivity contribution in [3.05, 3.63) is 64.7 Å². The summed E-state index contributed by atoms with van der Waals surface area (Å²) in [5.74, 6) is 0. The van der Waals surface area contributed by atoms with Crippen LogP contribution in [0, 0.1) is 13.8 Å². The third kappa shape index (κ3) is 3.04. The summed E-state index contributed by atoms with van der Waals surface area (Å²) in [6.07, 6.45) is 3.69. The summed E-state index contributed by atoms with van der Waals surface area (Å²) in [6.45, 7) is 8.66. The minimum Gasteiger partial charge on any atom is -0.352 e. The van der Waals surface area contributed by atoms with Crippen molar-refractivity contribution < 1.29 is 0 Å². The highest BCUT2D eigenvalue weighted by Crippen LogP contribution is 2.42. The van der Waals surface area contributed by atoms with Gasteiger partial charge in [0, 0.05) is 35.2 Å². The molecule has 0 saturated carbocycles. The van der Waals surface area contributed by atoms with Crippen LogP contribution in [0.25, 0.3) is 5.13 Å². The van der Waals surface area contributed by atoms with Crippen molar-refractivity contribution in [3.63, 3.8) is 0 Å². The lowest BCUT2D eigenvalue weighted by atomic mass is 9.96. The van der Waals surface area contributed by atoms with E-state index in [2.05, 4.69) is 64.6 Å². The van der Waals surface area contributed by atoms with Crippen molar-refractivity contribution in [2.24, 2.45) is 0 Å². The molecule has 1 N–H and O–H groups in total. The fraction of sp³-hybridized carbons (Fsp3) is 0.350. The Morgan fingerprint density at radius 1 is 1.19 bits per heavy atom. The lowest BCUT2D eigenvalue weighted by molar-refractivity contribution is 0.269. The van der Waals surface area contributed by atoms with E-state index < -0.39 is 0 Å². The predicted molar refractivity (Wildman–Crippen MR) is 113 cm³/mol. The van der Waals surface area contributed by atoms with Gasteiger partial charge in [-0.15, -0.1) is 11.3 Å². The lowest BCUT2D eigenvalue weighted by Gasteiger charge is -2.31. The van der Waals surface area contributed by atoms with Gasteiger partial charge in [-0.25, -0.2) is 4.98 Å². The van der Waals surface area contributed by atoms with Crippen LogP contribution in [-0.2, 0) is 0 Å². The van der Waals surface area contributed by atoms with Crippen molar-refractivity contribution in [1.29, 1.82) is 0 Å². The molecule has 0 bridgehead atoms. The first kappa shape index (κ1) is 18.1. The first-order valence-corrected chi connectivity index (χ1v) is 10.4. The topological polar surface area (TPSA) is 46.0 Å². The lowest BCUT2D eigenvalue weighted by Crippen LogP contribution is -2.35. The van der Waals surface area contributed by atoms with E-state index in [0.717, 1.165) is 15.9 Å². The average molecular weight is 398 g/mol. The van der Waals surface area contributed by atoms with E-state index in [1.165, 1.54) is 17.0 Å². The highest BCUT2D eigenvalue weighted by Gasteiger charge is 2.42. The molecule has 0 amide bonds. The number of thiazole rings is 1. The molecule has 0 aliphatic carbocycles. The van der Waals surface area contributed by atoms with Gasteiger partial charge in [-0.2, -0.15) is 0 Å². The smallest absolute Gasteiger partial charge is 0.193 e. The first-order valence-electron chi connectivity index (χ1n) is 9.07. The van der Waals surface area contributed by atoms with Gasteiger partial charge in [0.2, 0.25) is 0 Å². The fourth-order valence-corrected chi connectivity index (χ4v) is 5.16. The molecule has 2 unspecified atom stereocenters. The maximum atomic E-state index is 5.70. The molecular weight excluding hydrogens is 374 g/mol. The molecule has 3 aromatic rings. The van der Waals surface area contributed by atoms with Crippen LogP contribution in [0.15, 0.2) is 42.0 Å². The summed E-state index contributed by atoms with van der Waals surface area (Å²) in [5, 5.41) is 7.30. The second kappa shape index (κ2) is 7.05. The molecule has 1 saturated heterocycles. The number of pyridine rings is 1. The molecule has 4 rings (SSSR count). The molecule has 3 aromatic heterocycles. The monoisotopic (exact) mass is 397 g/mol. The van der Waals surface area contributed by atoms with Crippen LogP contribution in [0.5, 0.6) is 0 Å². The molecule has 5 nitrogen and oxygen atoms in total. The second-order valence-corrected chi connectivity index (χ2v) is 8.36. The normalized spacial score (nSPS) is 19.7. The van der Waals surface area contributed by atoms with Crippen molar-refractivity contribution in [1.82, 2.24) is 24.8 Å². The van der Waals surface area contributed by atoms with Crippen molar-refractivity contribution in [3.8, 4) is 5.13 Å². The van der Waals surface area contributed by atoms with Gasteiger partial charge < -0.3 is 10.2 Å². The summed E-state index contributed by atoms with van der Waals surface area (Å²) in [4.78, 5) is 11.4. The number of nitrogens with one attached hydrogen (secondary N) is 1. The zero-order valence-electron chi connectivity index (χ0n) is 15.9. The van der Waals surface area contributed by atoms with Crippen LogP contribution in [0.3, 0.4) is 0 Å². The molecule has 0 spiro atoms. The quantitative estimate of drug-likeness (QED) is 0.664. The Balaban J connectivity index is 1.86. The number of aryl methyl sites for hydroxylation is 1. The highest BCUT2D eigenvalue weighted by atomic mass is 32.1. The Bertz CT molecular complexity index is 946. The SMILES string of the molecule is Cc1cc(C2C(c3ccccn3)NC(=S)N2C(C)C)c(C)n1-c1nccs1. The molecule has 7 heteroatoms. The summed E-state index contributed by atoms with van der Waals surface area (Å²) in [7, 11) is 0. The van der Waals surface area contributed by atoms with Gasteiger partial charge in [0.05, 0.1) is 17.8 Å². The standard InChI is InChI=1S/C20H23N5S2/c1-12(2)24-18(17(23-19(24)26)16-7-5-6-8-21-16)15-11-13(3)25(14(15)4)20-22-9-10-27-20/h5-12,17-18H,1-4H3,(H,23,26). The number of nitrogens with zero attached hydrogens (tertiary/aromatic N) is 4.